The molecule has 1 aliphatic heterocycles. The smallest absolute Gasteiger partial charge is 0.494 e. The number of fused-ring (bicyclic) bond motifs is 22. The SMILES string of the molecule is Brc1cc2c3ccccc3sc2c2ccccc12.CC1(C)OB(c2cccc(-c3ccc4c5ccccc5c5ccccc5c4c3)c2)OC1(C)C.COc1cccc(C)c1-c1ccccc1P(C1CCCCC1)C1CCCCC1.c1cc(-c2ccc3c4ccccc4c4ccccc4c3c2)cc(-c2cc3c4ccccc4sc3c3ccccc23)c1. The Kier molecular flexibility index (Phi) is 21.4. The third-order valence-electron chi connectivity index (χ3n) is 26.3. The topological polar surface area (TPSA) is 27.7 Å². The van der Waals surface area contributed by atoms with Gasteiger partial charge in [0, 0.05) is 61.2 Å². The van der Waals surface area contributed by atoms with Crippen LogP contribution in [0.2, 0.25) is 0 Å². The molecule has 3 heterocycles. The van der Waals surface area contributed by atoms with Crippen molar-refractivity contribution in [1.29, 1.82) is 0 Å². The molecule has 0 spiro atoms. The molecule has 8 heteroatoms. The molecule has 2 aromatic heterocycles. The van der Waals surface area contributed by atoms with Gasteiger partial charge in [0.15, 0.2) is 0 Å². The first-order valence-corrected chi connectivity index (χ1v) is 46.8. The maximum atomic E-state index is 6.29. The van der Waals surface area contributed by atoms with Crippen molar-refractivity contribution in [3.63, 3.8) is 0 Å². The molecule has 0 amide bonds. The Morgan fingerprint density at radius 1 is 0.325 bits per heavy atom. The molecule has 0 atom stereocenters. The number of rotatable bonds is 9. The van der Waals surface area contributed by atoms with Crippen molar-refractivity contribution < 1.29 is 14.0 Å². The van der Waals surface area contributed by atoms with Crippen molar-refractivity contribution in [2.75, 3.05) is 7.11 Å². The summed E-state index contributed by atoms with van der Waals surface area (Å²) in [7, 11) is 1.33. The number of thiophene rings is 2. The van der Waals surface area contributed by atoms with E-state index in [2.05, 4.69) is 384 Å². The van der Waals surface area contributed by atoms with Crippen molar-refractivity contribution in [1.82, 2.24) is 0 Å². The third-order valence-corrected chi connectivity index (χ3v) is 32.9. The van der Waals surface area contributed by atoms with E-state index in [4.69, 9.17) is 14.0 Å². The molecule has 1 saturated heterocycles. The second-order valence-corrected chi connectivity index (χ2v) is 39.7. The number of ether oxygens (including phenoxy) is 1. The average Bonchev–Trinajstić information content (AvgIpc) is 1.21. The maximum absolute atomic E-state index is 6.29. The fourth-order valence-corrected chi connectivity index (χ4v) is 26.6. The van der Waals surface area contributed by atoms with Gasteiger partial charge in [0.2, 0.25) is 0 Å². The predicted octanol–water partition coefficient (Wildman–Crippen LogP) is 32.5. The average molecular weight is 1670 g/mol. The number of aryl methyl sites for hydroxylation is 1. The third kappa shape index (κ3) is 14.4. The minimum atomic E-state index is -0.361. The highest BCUT2D eigenvalue weighted by Crippen LogP contribution is 2.57. The van der Waals surface area contributed by atoms with Crippen molar-refractivity contribution in [3.05, 3.63) is 344 Å². The van der Waals surface area contributed by atoms with Gasteiger partial charge >= 0.3 is 7.12 Å². The quantitative estimate of drug-likeness (QED) is 0.0819. The van der Waals surface area contributed by atoms with Crippen LogP contribution < -0.4 is 15.5 Å². The molecule has 0 unspecified atom stereocenters. The van der Waals surface area contributed by atoms with E-state index in [1.165, 1.54) is 245 Å². The molecule has 3 fully saturated rings. The van der Waals surface area contributed by atoms with E-state index in [-0.39, 0.29) is 26.2 Å². The van der Waals surface area contributed by atoms with Crippen LogP contribution in [-0.4, -0.2) is 36.7 Å². The Bertz CT molecular complexity index is 7230. The molecule has 23 rings (SSSR count). The van der Waals surface area contributed by atoms with Gasteiger partial charge < -0.3 is 14.0 Å². The van der Waals surface area contributed by atoms with Crippen LogP contribution in [-0.2, 0) is 9.31 Å². The van der Waals surface area contributed by atoms with Crippen molar-refractivity contribution in [3.8, 4) is 50.3 Å². The zero-order valence-corrected chi connectivity index (χ0v) is 73.0. The number of halogens is 1. The van der Waals surface area contributed by atoms with Gasteiger partial charge in [-0.2, -0.15) is 0 Å². The number of hydrogen-bond acceptors (Lipinski definition) is 5. The first-order chi connectivity index (χ1) is 58.8. The Balaban J connectivity index is 0.000000106. The molecule has 0 N–H and O–H groups in total. The fraction of sp³-hybridized carbons (Fsp3) is 0.179. The summed E-state index contributed by atoms with van der Waals surface area (Å²) in [5.41, 5.74) is 13.7. The van der Waals surface area contributed by atoms with Crippen molar-refractivity contribution >= 4 is 191 Å². The van der Waals surface area contributed by atoms with E-state index < -0.39 is 0 Å². The Hall–Kier alpha value is -10.8. The minimum absolute atomic E-state index is 0.122. The zero-order valence-electron chi connectivity index (χ0n) is 68.9. The summed E-state index contributed by atoms with van der Waals surface area (Å²) in [5, 5.41) is 27.9. The summed E-state index contributed by atoms with van der Waals surface area (Å²) in [6.07, 6.45) is 14.4. The lowest BCUT2D eigenvalue weighted by Gasteiger charge is -2.39. The molecule has 3 nitrogen and oxygen atoms in total. The van der Waals surface area contributed by atoms with Crippen LogP contribution in [0.3, 0.4) is 0 Å². The van der Waals surface area contributed by atoms with Crippen LogP contribution in [0.1, 0.15) is 97.5 Å². The summed E-state index contributed by atoms with van der Waals surface area (Å²) in [5.74, 6) is 1.02. The molecule has 0 radical (unpaired) electrons. The molecule has 588 valence electrons. The molecular weight excluding hydrogens is 1580 g/mol. The van der Waals surface area contributed by atoms with E-state index in [0.717, 1.165) is 22.5 Å². The highest BCUT2D eigenvalue weighted by molar-refractivity contribution is 9.10. The van der Waals surface area contributed by atoms with E-state index >= 15 is 0 Å². The lowest BCUT2D eigenvalue weighted by molar-refractivity contribution is 0.00578. The van der Waals surface area contributed by atoms with Gasteiger partial charge in [-0.15, -0.1) is 22.7 Å². The lowest BCUT2D eigenvalue weighted by Crippen LogP contribution is -2.41. The van der Waals surface area contributed by atoms with Gasteiger partial charge in [-0.1, -0.05) is 347 Å². The zero-order chi connectivity index (χ0) is 81.2. The molecular formula is C112H95BBrO3PS2. The second-order valence-electron chi connectivity index (χ2n) is 34.0. The van der Waals surface area contributed by atoms with Gasteiger partial charge in [0.25, 0.3) is 0 Å². The Morgan fingerprint density at radius 3 is 1.22 bits per heavy atom. The van der Waals surface area contributed by atoms with Crippen molar-refractivity contribution in [2.45, 2.75) is 121 Å². The Labute approximate surface area is 721 Å². The molecule has 0 bridgehead atoms. The van der Waals surface area contributed by atoms with Crippen LogP contribution in [0.15, 0.2) is 338 Å². The normalized spacial score (nSPS) is 15.0. The Morgan fingerprint density at radius 2 is 0.708 bits per heavy atom. The van der Waals surface area contributed by atoms with E-state index in [0.29, 0.717) is 0 Å². The van der Waals surface area contributed by atoms with E-state index in [9.17, 15) is 0 Å². The predicted molar refractivity (Wildman–Crippen MR) is 528 cm³/mol. The number of methoxy groups -OCH3 is 1. The van der Waals surface area contributed by atoms with Gasteiger partial charge in [-0.3, -0.25) is 0 Å². The molecule has 120 heavy (non-hydrogen) atoms. The van der Waals surface area contributed by atoms with E-state index in [1.54, 1.807) is 5.30 Å². The fourth-order valence-electron chi connectivity index (χ4n) is 19.6. The van der Waals surface area contributed by atoms with Crippen molar-refractivity contribution in [2.24, 2.45) is 0 Å². The maximum Gasteiger partial charge on any atom is 0.494 e. The molecule has 2 aliphatic carbocycles. The monoisotopic (exact) mass is 1670 g/mol. The van der Waals surface area contributed by atoms with Crippen LogP contribution in [0.5, 0.6) is 5.75 Å². The van der Waals surface area contributed by atoms with Crippen LogP contribution in [0.25, 0.3) is 171 Å². The van der Waals surface area contributed by atoms with Crippen LogP contribution >= 0.6 is 46.5 Å². The first kappa shape index (κ1) is 77.8. The lowest BCUT2D eigenvalue weighted by atomic mass is 9.78. The van der Waals surface area contributed by atoms with Crippen LogP contribution in [0.4, 0.5) is 0 Å². The summed E-state index contributed by atoms with van der Waals surface area (Å²) in [6, 6.07) is 122. The summed E-state index contributed by atoms with van der Waals surface area (Å²) in [4.78, 5) is 0. The van der Waals surface area contributed by atoms with Gasteiger partial charge in [0.1, 0.15) is 5.75 Å². The highest BCUT2D eigenvalue weighted by atomic mass is 79.9. The second kappa shape index (κ2) is 33.0. The summed E-state index contributed by atoms with van der Waals surface area (Å²) < 4.78 is 25.0. The largest absolute Gasteiger partial charge is 0.496 e. The first-order valence-electron chi connectivity index (χ1n) is 42.9. The molecule has 20 aromatic rings. The molecule has 2 saturated carbocycles. The molecule has 3 aliphatic rings. The number of hydrogen-bond donors (Lipinski definition) is 0. The van der Waals surface area contributed by atoms with Gasteiger partial charge in [-0.25, -0.2) is 0 Å². The number of benzene rings is 18. The summed E-state index contributed by atoms with van der Waals surface area (Å²) in [6.45, 7) is 10.6. The standard InChI is InChI=1S/C40H24S.C30H27BO2.C26H35OP.C16H9BrS/c1-2-14-30-28(12-1)29-13-3-4-15-31(29)37-23-26(20-21-33(30)37)25-10-9-11-27(22-25)36-24-38-34-17-7-8-19-39(34)41-40(38)35-18-6-5-16-32(35)36;1-29(2)30(3,4)33-31(32-29)22-11-9-10-20(18-22)21-16-17-27-25-14-6-5-12-23(25)24-13-7-8-15-26(24)28(27)19-21;1-20-12-11-18-24(27-2)26(20)23-17-9-10-19-25(23)28(21-13-5-3-6-14-21)22-15-7-4-8-16-22;17-14-9-13-11-6-3-4-8-15(11)18-16(13)12-7-2-1-5-10(12)14/h1-24H;5-19H,1-4H3;9-12,17-19,21-22H,3-8,13-16H2,1-2H3;1-9H. The molecule has 18 aromatic carbocycles. The summed E-state index contributed by atoms with van der Waals surface area (Å²) >= 11 is 7.47. The van der Waals surface area contributed by atoms with Crippen LogP contribution in [0, 0.1) is 6.92 Å². The van der Waals surface area contributed by atoms with Gasteiger partial charge in [-0.05, 0) is 251 Å². The minimum Gasteiger partial charge on any atom is -0.496 e. The van der Waals surface area contributed by atoms with E-state index in [1.807, 2.05) is 29.8 Å². The highest BCUT2D eigenvalue weighted by Gasteiger charge is 2.52. The van der Waals surface area contributed by atoms with Gasteiger partial charge in [0.05, 0.1) is 18.3 Å².